The number of aliphatic carboxylic acids is 8. The first-order valence-corrected chi connectivity index (χ1v) is 8.93. The molecular weight excluding hydrogens is 492 g/mol. The molecule has 0 aromatic rings. The van der Waals surface area contributed by atoms with E-state index >= 15 is 0 Å². The number of aliphatic hydroxyl groups is 1. The lowest BCUT2D eigenvalue weighted by Crippen LogP contribution is -2.76. The van der Waals surface area contributed by atoms with Crippen LogP contribution in [0.2, 0.25) is 0 Å². The van der Waals surface area contributed by atoms with Crippen molar-refractivity contribution in [1.82, 2.24) is 10.2 Å². The van der Waals surface area contributed by atoms with Crippen molar-refractivity contribution < 1.29 is 84.3 Å². The third-order valence-electron chi connectivity index (χ3n) is 4.39. The van der Waals surface area contributed by atoms with Gasteiger partial charge in [-0.2, -0.15) is 0 Å². The van der Waals surface area contributed by atoms with Crippen LogP contribution in [0.4, 0.5) is 0 Å². The lowest BCUT2D eigenvalue weighted by atomic mass is 9.92. The third-order valence-corrected chi connectivity index (χ3v) is 4.39. The van der Waals surface area contributed by atoms with Crippen LogP contribution in [-0.4, -0.2) is 129 Å². The highest BCUT2D eigenvalue weighted by Crippen LogP contribution is 2.29. The molecule has 0 radical (unpaired) electrons. The van der Waals surface area contributed by atoms with Gasteiger partial charge >= 0.3 is 47.8 Å². The second-order valence-corrected chi connectivity index (χ2v) is 6.79. The fraction of sp³-hybridized carbons (Fsp3) is 0.500. The fourth-order valence-electron chi connectivity index (χ4n) is 3.06. The van der Waals surface area contributed by atoms with Gasteiger partial charge in [0.05, 0.1) is 19.3 Å². The summed E-state index contributed by atoms with van der Waals surface area (Å²) < 4.78 is 0. The summed E-state index contributed by atoms with van der Waals surface area (Å²) >= 11 is 0. The van der Waals surface area contributed by atoms with Gasteiger partial charge in [-0.3, -0.25) is 34.1 Å². The van der Waals surface area contributed by atoms with E-state index in [4.69, 9.17) is 15.3 Å². The minimum absolute atomic E-state index is 0.543. The largest absolute Gasteiger partial charge is 0.481 e. The summed E-state index contributed by atoms with van der Waals surface area (Å²) in [6, 6.07) is -8.69. The normalized spacial score (nSPS) is 16.2. The lowest BCUT2D eigenvalue weighted by molar-refractivity contribution is -0.189. The Morgan fingerprint density at radius 1 is 0.657 bits per heavy atom. The van der Waals surface area contributed by atoms with Crippen LogP contribution >= 0.6 is 0 Å². The molecule has 5 atom stereocenters. The zero-order chi connectivity index (χ0) is 27.8. The summed E-state index contributed by atoms with van der Waals surface area (Å²) in [5, 5.41) is 85.9. The maximum atomic E-state index is 12.3. The maximum Gasteiger partial charge on any atom is 0.339 e. The van der Waals surface area contributed by atoms with Crippen LogP contribution in [0.5, 0.6) is 0 Å². The van der Waals surface area contributed by atoms with Crippen LogP contribution in [0.3, 0.4) is 0 Å². The molecule has 35 heavy (non-hydrogen) atoms. The van der Waals surface area contributed by atoms with Crippen molar-refractivity contribution >= 4 is 47.8 Å². The van der Waals surface area contributed by atoms with E-state index in [0.29, 0.717) is 0 Å². The van der Waals surface area contributed by atoms with Gasteiger partial charge in [0.25, 0.3) is 0 Å². The van der Waals surface area contributed by atoms with Gasteiger partial charge in [0.1, 0.15) is 18.1 Å². The first kappa shape index (κ1) is 30.6. The lowest BCUT2D eigenvalue weighted by Gasteiger charge is -2.47. The minimum atomic E-state index is -3.80. The number of rotatable bonds is 17. The molecule has 0 bridgehead atoms. The first-order valence-electron chi connectivity index (χ1n) is 8.93. The van der Waals surface area contributed by atoms with Gasteiger partial charge in [-0.1, -0.05) is 0 Å². The smallest absolute Gasteiger partial charge is 0.339 e. The Morgan fingerprint density at radius 3 is 1.43 bits per heavy atom. The van der Waals surface area contributed by atoms with E-state index in [1.165, 1.54) is 5.32 Å². The van der Waals surface area contributed by atoms with Crippen LogP contribution < -0.4 is 5.32 Å². The van der Waals surface area contributed by atoms with Gasteiger partial charge in [0.2, 0.25) is 0 Å². The number of hydrogen-bond donors (Lipinski definition) is 10. The van der Waals surface area contributed by atoms with E-state index in [-0.39, 0.29) is 0 Å². The van der Waals surface area contributed by atoms with E-state index in [1.807, 2.05) is 0 Å². The second-order valence-electron chi connectivity index (χ2n) is 6.79. The Morgan fingerprint density at radius 2 is 1.14 bits per heavy atom. The van der Waals surface area contributed by atoms with Crippen molar-refractivity contribution in [1.29, 1.82) is 0 Å². The van der Waals surface area contributed by atoms with Gasteiger partial charge in [-0.05, 0) is 0 Å². The highest BCUT2D eigenvalue weighted by atomic mass is 16.4. The zero-order valence-electron chi connectivity index (χ0n) is 17.2. The maximum absolute atomic E-state index is 12.3. The number of aliphatic hydroxyl groups excluding tert-OH is 1. The van der Waals surface area contributed by atoms with E-state index in [9.17, 15) is 69.0 Å². The number of carboxylic acids is 8. The van der Waals surface area contributed by atoms with Crippen molar-refractivity contribution in [2.75, 3.05) is 0 Å². The summed E-state index contributed by atoms with van der Waals surface area (Å²) in [7, 11) is 0. The number of nitrogens with one attached hydrogen (secondary N) is 1. The molecule has 0 saturated carbocycles. The Labute approximate surface area is 192 Å². The molecule has 0 aromatic carbocycles. The average molecular weight is 512 g/mol. The monoisotopic (exact) mass is 512 g/mol. The van der Waals surface area contributed by atoms with E-state index in [1.54, 1.807) is 0 Å². The molecule has 0 spiro atoms. The van der Waals surface area contributed by atoms with Gasteiger partial charge in [0.15, 0.2) is 11.8 Å². The molecule has 0 rings (SSSR count). The molecule has 0 aromatic heterocycles. The van der Waals surface area contributed by atoms with Crippen LogP contribution in [0.25, 0.3) is 0 Å². The first-order chi connectivity index (χ1) is 15.9. The highest BCUT2D eigenvalue weighted by molar-refractivity contribution is 5.92. The fourth-order valence-corrected chi connectivity index (χ4v) is 3.06. The predicted octanol–water partition coefficient (Wildman–Crippen LogP) is -4.11. The predicted molar refractivity (Wildman–Crippen MR) is 100 cm³/mol. The summed E-state index contributed by atoms with van der Waals surface area (Å²) in [5.41, 5.74) is -3.80. The van der Waals surface area contributed by atoms with E-state index in [0.717, 1.165) is 0 Å². The Balaban J connectivity index is 7.63. The van der Waals surface area contributed by atoms with Crippen LogP contribution in [0.15, 0.2) is 0 Å². The summed E-state index contributed by atoms with van der Waals surface area (Å²) in [6.07, 6.45) is -8.39. The zero-order valence-corrected chi connectivity index (χ0v) is 17.2. The minimum Gasteiger partial charge on any atom is -0.481 e. The van der Waals surface area contributed by atoms with E-state index in [2.05, 4.69) is 0 Å². The molecule has 0 saturated heterocycles. The Bertz CT molecular complexity index is 916. The van der Waals surface area contributed by atoms with Crippen LogP contribution in [-0.2, 0) is 38.4 Å². The second kappa shape index (κ2) is 12.2. The van der Waals surface area contributed by atoms with Crippen LogP contribution in [0, 0.1) is 0 Å². The Hall–Kier alpha value is -4.36. The number of carboxylic acid groups (broad SMARTS) is 8. The molecular formula is C16H20N2O17. The van der Waals surface area contributed by atoms with E-state index < -0.39 is 102 Å². The van der Waals surface area contributed by atoms with Crippen molar-refractivity contribution in [3.63, 3.8) is 0 Å². The summed E-state index contributed by atoms with van der Waals surface area (Å²) in [6.45, 7) is 0. The van der Waals surface area contributed by atoms with Gasteiger partial charge in [-0.25, -0.2) is 14.5 Å². The Kier molecular flexibility index (Phi) is 10.7. The quantitative estimate of drug-likeness (QED) is 0.0827. The van der Waals surface area contributed by atoms with Crippen molar-refractivity contribution in [3.8, 4) is 0 Å². The number of hydrogen-bond acceptors (Lipinski definition) is 11. The van der Waals surface area contributed by atoms with Crippen molar-refractivity contribution in [3.05, 3.63) is 0 Å². The van der Waals surface area contributed by atoms with Crippen molar-refractivity contribution in [2.24, 2.45) is 0 Å². The molecule has 0 aliphatic carbocycles. The SMILES string of the molecule is O=C(O)CC(NC(CC(=O)O)(C(=O)O)N(C(CC(=O)O)C(=O)O)C(C(=O)O)C(O)C(=O)O)C(=O)O. The standard InChI is InChI=1S/C16H20N2O17/c19-6(20)1-4(11(26)27)17-16(15(34)35,3-8(23)24)18(5(12(28)29)2-7(21)22)9(13(30)31)10(25)14(32)33/h4-5,9-10,17,25H,1-3H2,(H,19,20)(H,21,22)(H,23,24)(H,26,27)(H,28,29)(H,30,31)(H,32,33)(H,34,35). The summed E-state index contributed by atoms with van der Waals surface area (Å²) in [4.78, 5) is 92.1. The molecule has 0 aliphatic rings. The molecule has 0 aliphatic heterocycles. The number of nitrogens with zero attached hydrogens (tertiary/aromatic N) is 1. The molecule has 19 heteroatoms. The highest BCUT2D eigenvalue weighted by Gasteiger charge is 2.59. The molecule has 0 amide bonds. The molecule has 10 N–H and O–H groups in total. The summed E-state index contributed by atoms with van der Waals surface area (Å²) in [5.74, 6) is -18.1. The van der Waals surface area contributed by atoms with Crippen LogP contribution in [0.1, 0.15) is 19.3 Å². The van der Waals surface area contributed by atoms with Gasteiger partial charge < -0.3 is 46.0 Å². The topological polar surface area (TPSA) is 334 Å². The van der Waals surface area contributed by atoms with Gasteiger partial charge in [0, 0.05) is 0 Å². The average Bonchev–Trinajstić information content (AvgIpc) is 2.67. The van der Waals surface area contributed by atoms with Crippen molar-refractivity contribution in [2.45, 2.75) is 49.2 Å². The number of carbonyl (C=O) groups is 8. The third kappa shape index (κ3) is 7.87. The molecule has 196 valence electrons. The molecule has 5 unspecified atom stereocenters. The van der Waals surface area contributed by atoms with Gasteiger partial charge in [-0.15, -0.1) is 0 Å². The molecule has 19 nitrogen and oxygen atoms in total. The molecule has 0 heterocycles. The molecule has 0 fully saturated rings.